The Kier molecular flexibility index (Phi) is 5.63. The molecule has 0 amide bonds. The summed E-state index contributed by atoms with van der Waals surface area (Å²) in [7, 11) is 0. The molecule has 0 radical (unpaired) electrons. The fourth-order valence-electron chi connectivity index (χ4n) is 3.67. The Balaban J connectivity index is 2.25. The lowest BCUT2D eigenvalue weighted by atomic mass is 9.72. The van der Waals surface area contributed by atoms with E-state index in [1.165, 1.54) is 31.0 Å². The number of phenolic OH excluding ortho intramolecular Hbond substituents is 1. The minimum absolute atomic E-state index is 0.0495. The first-order chi connectivity index (χ1) is 10.8. The van der Waals surface area contributed by atoms with Crippen LogP contribution < -0.4 is 0 Å². The molecule has 2 atom stereocenters. The van der Waals surface area contributed by atoms with Gasteiger partial charge in [-0.05, 0) is 48.8 Å². The molecule has 1 saturated carbocycles. The first-order valence-corrected chi connectivity index (χ1v) is 8.22. The zero-order valence-electron chi connectivity index (χ0n) is 13.5. The summed E-state index contributed by atoms with van der Waals surface area (Å²) in [5, 5.41) is 28.9. The second-order valence-electron chi connectivity index (χ2n) is 6.97. The molecule has 0 saturated heterocycles. The van der Waals surface area contributed by atoms with E-state index in [1.807, 2.05) is 0 Å². The summed E-state index contributed by atoms with van der Waals surface area (Å²) in [6.45, 7) is 1.79. The Morgan fingerprint density at radius 3 is 2.65 bits per heavy atom. The van der Waals surface area contributed by atoms with Crippen LogP contribution in [-0.4, -0.2) is 27.4 Å². The van der Waals surface area contributed by atoms with Crippen LogP contribution in [0.2, 0.25) is 0 Å². The number of phenols is 1. The molecule has 0 spiro atoms. The van der Waals surface area contributed by atoms with Crippen LogP contribution in [0.4, 0.5) is 4.39 Å². The lowest BCUT2D eigenvalue weighted by molar-refractivity contribution is -0.147. The monoisotopic (exact) mass is 324 g/mol. The molecule has 5 heteroatoms. The van der Waals surface area contributed by atoms with Gasteiger partial charge in [-0.1, -0.05) is 32.6 Å². The molecule has 1 aromatic rings. The van der Waals surface area contributed by atoms with E-state index in [-0.39, 0.29) is 12.2 Å². The number of carboxylic acids is 1. The number of benzene rings is 1. The van der Waals surface area contributed by atoms with E-state index in [4.69, 9.17) is 5.11 Å². The van der Waals surface area contributed by atoms with E-state index < -0.39 is 23.3 Å². The first kappa shape index (κ1) is 17.7. The average molecular weight is 324 g/mol. The molecular formula is C18H25FO4. The lowest BCUT2D eigenvalue weighted by Crippen LogP contribution is -2.33. The predicted octanol–water partition coefficient (Wildman–Crippen LogP) is 3.60. The Bertz CT molecular complexity index is 554. The van der Waals surface area contributed by atoms with Crippen LogP contribution in [0.15, 0.2) is 18.2 Å². The van der Waals surface area contributed by atoms with Gasteiger partial charge in [-0.15, -0.1) is 0 Å². The molecule has 1 aliphatic carbocycles. The molecule has 2 rings (SSSR count). The second-order valence-corrected chi connectivity index (χ2v) is 6.97. The van der Waals surface area contributed by atoms with Crippen LogP contribution in [-0.2, 0) is 10.2 Å². The Morgan fingerprint density at radius 1 is 1.39 bits per heavy atom. The summed E-state index contributed by atoms with van der Waals surface area (Å²) in [5.41, 5.74) is -0.414. The lowest BCUT2D eigenvalue weighted by Gasteiger charge is -2.33. The standard InChI is InChI=1S/C18H25FO4/c1-18(11-16(21)17(22)23,9-8-12-4-2-3-5-12)14-10-13(19)6-7-15(14)20/h6-7,10,12,16,20-21H,2-5,8-9,11H2,1H3,(H,22,23). The van der Waals surface area contributed by atoms with E-state index in [0.717, 1.165) is 19.3 Å². The van der Waals surface area contributed by atoms with Gasteiger partial charge in [0.2, 0.25) is 0 Å². The molecule has 0 heterocycles. The van der Waals surface area contributed by atoms with Crippen LogP contribution in [0.3, 0.4) is 0 Å². The maximum absolute atomic E-state index is 13.6. The fourth-order valence-corrected chi connectivity index (χ4v) is 3.67. The first-order valence-electron chi connectivity index (χ1n) is 8.22. The molecule has 4 nitrogen and oxygen atoms in total. The summed E-state index contributed by atoms with van der Waals surface area (Å²) in [6.07, 6.45) is 4.66. The van der Waals surface area contributed by atoms with Gasteiger partial charge in [0, 0.05) is 5.56 Å². The number of rotatable bonds is 7. The third-order valence-electron chi connectivity index (χ3n) is 5.12. The summed E-state index contributed by atoms with van der Waals surface area (Å²) in [6, 6.07) is 3.70. The highest BCUT2D eigenvalue weighted by Gasteiger charge is 2.35. The summed E-state index contributed by atoms with van der Waals surface area (Å²) < 4.78 is 13.6. The topological polar surface area (TPSA) is 77.8 Å². The van der Waals surface area contributed by atoms with E-state index in [1.54, 1.807) is 6.92 Å². The number of carboxylic acid groups (broad SMARTS) is 1. The summed E-state index contributed by atoms with van der Waals surface area (Å²) in [4.78, 5) is 11.0. The van der Waals surface area contributed by atoms with Crippen molar-refractivity contribution in [1.29, 1.82) is 0 Å². The van der Waals surface area contributed by atoms with Gasteiger partial charge < -0.3 is 15.3 Å². The van der Waals surface area contributed by atoms with E-state index in [2.05, 4.69) is 0 Å². The molecule has 3 N–H and O–H groups in total. The smallest absolute Gasteiger partial charge is 0.332 e. The average Bonchev–Trinajstić information content (AvgIpc) is 3.01. The molecular weight excluding hydrogens is 299 g/mol. The van der Waals surface area contributed by atoms with Crippen LogP contribution >= 0.6 is 0 Å². The maximum Gasteiger partial charge on any atom is 0.332 e. The van der Waals surface area contributed by atoms with Crippen LogP contribution in [0.25, 0.3) is 0 Å². The molecule has 0 aliphatic heterocycles. The van der Waals surface area contributed by atoms with Gasteiger partial charge >= 0.3 is 5.97 Å². The second kappa shape index (κ2) is 7.30. The quantitative estimate of drug-likeness (QED) is 0.716. The fraction of sp³-hybridized carbons (Fsp3) is 0.611. The van der Waals surface area contributed by atoms with Crippen molar-refractivity contribution in [1.82, 2.24) is 0 Å². The number of aromatic hydroxyl groups is 1. The predicted molar refractivity (Wildman–Crippen MR) is 84.9 cm³/mol. The third kappa shape index (κ3) is 4.44. The van der Waals surface area contributed by atoms with Gasteiger partial charge in [-0.3, -0.25) is 0 Å². The van der Waals surface area contributed by atoms with Gasteiger partial charge in [0.05, 0.1) is 0 Å². The normalized spacial score (nSPS) is 19.4. The van der Waals surface area contributed by atoms with Crippen LogP contribution in [0, 0.1) is 11.7 Å². The van der Waals surface area contributed by atoms with Gasteiger partial charge in [0.15, 0.2) is 6.10 Å². The van der Waals surface area contributed by atoms with Crippen LogP contribution in [0.1, 0.15) is 57.4 Å². The minimum Gasteiger partial charge on any atom is -0.508 e. The molecule has 0 bridgehead atoms. The zero-order valence-corrected chi connectivity index (χ0v) is 13.5. The number of hydrogen-bond acceptors (Lipinski definition) is 3. The van der Waals surface area contributed by atoms with Gasteiger partial charge in [0.1, 0.15) is 11.6 Å². The van der Waals surface area contributed by atoms with E-state index >= 15 is 0 Å². The number of hydrogen-bond donors (Lipinski definition) is 3. The van der Waals surface area contributed by atoms with E-state index in [0.29, 0.717) is 17.9 Å². The van der Waals surface area contributed by atoms with Crippen molar-refractivity contribution in [3.63, 3.8) is 0 Å². The number of aliphatic carboxylic acids is 1. The Hall–Kier alpha value is -1.62. The number of aliphatic hydroxyl groups is 1. The molecule has 23 heavy (non-hydrogen) atoms. The van der Waals surface area contributed by atoms with Crippen molar-refractivity contribution >= 4 is 5.97 Å². The van der Waals surface area contributed by atoms with Crippen molar-refractivity contribution in [2.75, 3.05) is 0 Å². The highest BCUT2D eigenvalue weighted by atomic mass is 19.1. The van der Waals surface area contributed by atoms with Crippen molar-refractivity contribution in [2.45, 2.75) is 63.4 Å². The van der Waals surface area contributed by atoms with E-state index in [9.17, 15) is 19.4 Å². The Labute approximate surface area is 136 Å². The van der Waals surface area contributed by atoms with Gasteiger partial charge in [0.25, 0.3) is 0 Å². The highest BCUT2D eigenvalue weighted by Crippen LogP contribution is 2.41. The summed E-state index contributed by atoms with van der Waals surface area (Å²) >= 11 is 0. The van der Waals surface area contributed by atoms with Gasteiger partial charge in [-0.25, -0.2) is 9.18 Å². The highest BCUT2D eigenvalue weighted by molar-refractivity contribution is 5.72. The van der Waals surface area contributed by atoms with Crippen molar-refractivity contribution in [3.05, 3.63) is 29.6 Å². The van der Waals surface area contributed by atoms with Gasteiger partial charge in [-0.2, -0.15) is 0 Å². The molecule has 128 valence electrons. The summed E-state index contributed by atoms with van der Waals surface area (Å²) in [5.74, 6) is -1.24. The number of carbonyl (C=O) groups is 1. The zero-order chi connectivity index (χ0) is 17.0. The van der Waals surface area contributed by atoms with Crippen molar-refractivity contribution < 1.29 is 24.5 Å². The SMILES string of the molecule is CC(CCC1CCCC1)(CC(O)C(=O)O)c1cc(F)ccc1O. The van der Waals surface area contributed by atoms with Crippen molar-refractivity contribution in [3.8, 4) is 5.75 Å². The number of aliphatic hydroxyl groups excluding tert-OH is 1. The molecule has 0 aromatic heterocycles. The van der Waals surface area contributed by atoms with Crippen molar-refractivity contribution in [2.24, 2.45) is 5.92 Å². The molecule has 1 fully saturated rings. The van der Waals surface area contributed by atoms with Crippen LogP contribution in [0.5, 0.6) is 5.75 Å². The number of halogens is 1. The largest absolute Gasteiger partial charge is 0.508 e. The maximum atomic E-state index is 13.6. The molecule has 1 aromatic carbocycles. The minimum atomic E-state index is -1.54. The Morgan fingerprint density at radius 2 is 2.04 bits per heavy atom. The molecule has 1 aliphatic rings. The molecule has 2 unspecified atom stereocenters. The third-order valence-corrected chi connectivity index (χ3v) is 5.12.